The Balaban J connectivity index is 1.61. The van der Waals surface area contributed by atoms with Crippen LogP contribution in [0.1, 0.15) is 49.0 Å². The number of likely N-dealkylation sites (tertiary alicyclic amines) is 1. The summed E-state index contributed by atoms with van der Waals surface area (Å²) in [5.41, 5.74) is 1.01. The van der Waals surface area contributed by atoms with Gasteiger partial charge in [0.15, 0.2) is 0 Å². The van der Waals surface area contributed by atoms with Gasteiger partial charge in [-0.15, -0.1) is 11.3 Å². The Kier molecular flexibility index (Phi) is 4.76. The summed E-state index contributed by atoms with van der Waals surface area (Å²) in [6.45, 7) is 2.26. The van der Waals surface area contributed by atoms with Crippen LogP contribution in [0.15, 0.2) is 17.5 Å². The maximum Gasteiger partial charge on any atom is 0.328 e. The zero-order chi connectivity index (χ0) is 14.7. The van der Waals surface area contributed by atoms with Crippen molar-refractivity contribution in [2.75, 3.05) is 6.54 Å². The van der Waals surface area contributed by atoms with E-state index in [9.17, 15) is 4.79 Å². The summed E-state index contributed by atoms with van der Waals surface area (Å²) >= 11 is 1.75. The average molecular weight is 305 g/mol. The van der Waals surface area contributed by atoms with Gasteiger partial charge in [-0.3, -0.25) is 4.90 Å². The molecule has 3 nitrogen and oxygen atoms in total. The first-order chi connectivity index (χ1) is 10.2. The number of nitrogens with zero attached hydrogens (tertiary/aromatic N) is 1. The van der Waals surface area contributed by atoms with Crippen molar-refractivity contribution >= 4 is 23.4 Å². The molecule has 0 amide bonds. The third kappa shape index (κ3) is 3.74. The van der Waals surface area contributed by atoms with Gasteiger partial charge in [0.05, 0.1) is 0 Å². The fraction of sp³-hybridized carbons (Fsp3) is 0.588. The predicted octanol–water partition coefficient (Wildman–Crippen LogP) is 4.00. The number of carbonyl (C=O) groups is 1. The molecule has 21 heavy (non-hydrogen) atoms. The number of rotatable bonds is 5. The van der Waals surface area contributed by atoms with Crippen LogP contribution in [0.3, 0.4) is 0 Å². The van der Waals surface area contributed by atoms with E-state index in [0.29, 0.717) is 0 Å². The van der Waals surface area contributed by atoms with Gasteiger partial charge in [0.1, 0.15) is 0 Å². The lowest BCUT2D eigenvalue weighted by molar-refractivity contribution is -0.131. The molecule has 1 unspecified atom stereocenters. The Morgan fingerprint density at radius 1 is 1.33 bits per heavy atom. The SMILES string of the molecule is O=C(O)C=Cc1csc(CN2CCCC2C2CCCC2)c1. The molecule has 1 atom stereocenters. The number of thiophene rings is 1. The Hall–Kier alpha value is -1.13. The van der Waals surface area contributed by atoms with Crippen molar-refractivity contribution in [2.24, 2.45) is 5.92 Å². The molecule has 0 spiro atoms. The predicted molar refractivity (Wildman–Crippen MR) is 86.4 cm³/mol. The first kappa shape index (κ1) is 14.8. The minimum Gasteiger partial charge on any atom is -0.478 e. The highest BCUT2D eigenvalue weighted by atomic mass is 32.1. The van der Waals surface area contributed by atoms with E-state index in [1.165, 1.54) is 56.0 Å². The molecule has 0 bridgehead atoms. The van der Waals surface area contributed by atoms with Gasteiger partial charge >= 0.3 is 5.97 Å². The quantitative estimate of drug-likeness (QED) is 0.836. The lowest BCUT2D eigenvalue weighted by Crippen LogP contribution is -2.33. The Bertz CT molecular complexity index is 517. The third-order valence-corrected chi connectivity index (χ3v) is 5.75. The van der Waals surface area contributed by atoms with Crippen LogP contribution < -0.4 is 0 Å². The van der Waals surface area contributed by atoms with E-state index in [2.05, 4.69) is 16.3 Å². The minimum absolute atomic E-state index is 0.785. The second kappa shape index (κ2) is 6.75. The summed E-state index contributed by atoms with van der Waals surface area (Å²) < 4.78 is 0. The van der Waals surface area contributed by atoms with Crippen molar-refractivity contribution in [1.82, 2.24) is 4.90 Å². The molecule has 1 saturated carbocycles. The number of aliphatic carboxylic acids is 1. The highest BCUT2D eigenvalue weighted by Crippen LogP contribution is 2.36. The van der Waals surface area contributed by atoms with Crippen LogP contribution in [0.5, 0.6) is 0 Å². The van der Waals surface area contributed by atoms with E-state index in [1.807, 2.05) is 0 Å². The molecule has 114 valence electrons. The van der Waals surface area contributed by atoms with E-state index in [-0.39, 0.29) is 0 Å². The standard InChI is InChI=1S/C17H23NO2S/c19-17(20)8-7-13-10-15(21-12-13)11-18-9-3-6-16(18)14-4-1-2-5-14/h7-8,10,12,14,16H,1-6,9,11H2,(H,19,20). The number of hydrogen-bond donors (Lipinski definition) is 1. The second-order valence-electron chi connectivity index (χ2n) is 6.24. The molecule has 2 fully saturated rings. The van der Waals surface area contributed by atoms with Gasteiger partial charge in [0.2, 0.25) is 0 Å². The average Bonchev–Trinajstić information content (AvgIpc) is 3.18. The molecule has 1 aliphatic heterocycles. The van der Waals surface area contributed by atoms with Crippen LogP contribution in [0, 0.1) is 5.92 Å². The molecule has 2 aliphatic rings. The number of carboxylic acids is 1. The normalized spacial score (nSPS) is 24.3. The molecule has 3 rings (SSSR count). The summed E-state index contributed by atoms with van der Waals surface area (Å²) in [7, 11) is 0. The van der Waals surface area contributed by atoms with Crippen molar-refractivity contribution < 1.29 is 9.90 Å². The van der Waals surface area contributed by atoms with Crippen LogP contribution in [0.25, 0.3) is 6.08 Å². The van der Waals surface area contributed by atoms with Crippen molar-refractivity contribution in [3.8, 4) is 0 Å². The lowest BCUT2D eigenvalue weighted by atomic mass is 9.96. The summed E-state index contributed by atoms with van der Waals surface area (Å²) in [5.74, 6) is 0.0300. The summed E-state index contributed by atoms with van der Waals surface area (Å²) in [4.78, 5) is 14.6. The maximum absolute atomic E-state index is 10.6. The van der Waals surface area contributed by atoms with Gasteiger partial charge in [-0.1, -0.05) is 12.8 Å². The highest BCUT2D eigenvalue weighted by molar-refractivity contribution is 7.10. The molecule has 1 aromatic heterocycles. The van der Waals surface area contributed by atoms with Gasteiger partial charge in [-0.05, 0) is 61.2 Å². The van der Waals surface area contributed by atoms with Crippen LogP contribution in [-0.2, 0) is 11.3 Å². The van der Waals surface area contributed by atoms with Crippen molar-refractivity contribution in [3.63, 3.8) is 0 Å². The zero-order valence-corrected chi connectivity index (χ0v) is 13.1. The number of hydrogen-bond acceptors (Lipinski definition) is 3. The number of carboxylic acid groups (broad SMARTS) is 1. The first-order valence-corrected chi connectivity index (χ1v) is 8.83. The van der Waals surface area contributed by atoms with Gasteiger partial charge in [0, 0.05) is 23.5 Å². The van der Waals surface area contributed by atoms with E-state index >= 15 is 0 Å². The molecule has 0 aromatic carbocycles. The van der Waals surface area contributed by atoms with Crippen LogP contribution in [-0.4, -0.2) is 28.6 Å². The molecule has 0 radical (unpaired) electrons. The molecule has 2 heterocycles. The van der Waals surface area contributed by atoms with Gasteiger partial charge in [-0.25, -0.2) is 4.79 Å². The maximum atomic E-state index is 10.6. The summed E-state index contributed by atoms with van der Waals surface area (Å²) in [6, 6.07) is 2.92. The largest absolute Gasteiger partial charge is 0.478 e. The molecule has 1 N–H and O–H groups in total. The van der Waals surface area contributed by atoms with E-state index in [1.54, 1.807) is 17.4 Å². The van der Waals surface area contributed by atoms with E-state index < -0.39 is 5.97 Å². The van der Waals surface area contributed by atoms with Crippen molar-refractivity contribution in [2.45, 2.75) is 51.1 Å². The third-order valence-electron chi connectivity index (χ3n) is 4.81. The topological polar surface area (TPSA) is 40.5 Å². The zero-order valence-electron chi connectivity index (χ0n) is 12.3. The fourth-order valence-corrected chi connectivity index (χ4v) is 4.74. The monoisotopic (exact) mass is 305 g/mol. The van der Waals surface area contributed by atoms with Crippen molar-refractivity contribution in [3.05, 3.63) is 28.0 Å². The Morgan fingerprint density at radius 2 is 2.14 bits per heavy atom. The molecular weight excluding hydrogens is 282 g/mol. The minimum atomic E-state index is -0.886. The van der Waals surface area contributed by atoms with Crippen LogP contribution in [0.2, 0.25) is 0 Å². The van der Waals surface area contributed by atoms with Crippen LogP contribution >= 0.6 is 11.3 Å². The van der Waals surface area contributed by atoms with Crippen LogP contribution in [0.4, 0.5) is 0 Å². The van der Waals surface area contributed by atoms with Gasteiger partial charge in [0.25, 0.3) is 0 Å². The smallest absolute Gasteiger partial charge is 0.328 e. The summed E-state index contributed by atoms with van der Waals surface area (Å²) in [5, 5.41) is 10.7. The van der Waals surface area contributed by atoms with E-state index in [0.717, 1.165) is 24.1 Å². The second-order valence-corrected chi connectivity index (χ2v) is 7.24. The Labute approximate surface area is 130 Å². The van der Waals surface area contributed by atoms with Gasteiger partial charge < -0.3 is 5.11 Å². The molecule has 1 aliphatic carbocycles. The lowest BCUT2D eigenvalue weighted by Gasteiger charge is -2.28. The summed E-state index contributed by atoms with van der Waals surface area (Å²) in [6.07, 6.45) is 11.2. The molecule has 1 aromatic rings. The highest BCUT2D eigenvalue weighted by Gasteiger charge is 2.33. The van der Waals surface area contributed by atoms with Crippen molar-refractivity contribution in [1.29, 1.82) is 0 Å². The van der Waals surface area contributed by atoms with Gasteiger partial charge in [-0.2, -0.15) is 0 Å². The fourth-order valence-electron chi connectivity index (χ4n) is 3.86. The Morgan fingerprint density at radius 3 is 2.90 bits per heavy atom. The molecular formula is C17H23NO2S. The molecule has 1 saturated heterocycles. The molecule has 4 heteroatoms. The first-order valence-electron chi connectivity index (χ1n) is 7.95. The van der Waals surface area contributed by atoms with E-state index in [4.69, 9.17) is 5.11 Å².